The molecule has 0 aromatic carbocycles. The average Bonchev–Trinajstić information content (AvgIpc) is 2.70. The normalized spacial score (nSPS) is 18.3. The van der Waals surface area contributed by atoms with Gasteiger partial charge in [-0.2, -0.15) is 0 Å². The van der Waals surface area contributed by atoms with Crippen LogP contribution in [0.3, 0.4) is 0 Å². The first-order valence-electron chi connectivity index (χ1n) is 5.96. The third kappa shape index (κ3) is 2.66. The maximum absolute atomic E-state index is 10.8. The number of aromatic nitrogens is 1. The fourth-order valence-electron chi connectivity index (χ4n) is 2.19. The summed E-state index contributed by atoms with van der Waals surface area (Å²) in [6.07, 6.45) is 3.24. The van der Waals surface area contributed by atoms with Crippen LogP contribution in [0.15, 0.2) is 0 Å². The van der Waals surface area contributed by atoms with Gasteiger partial charge in [0.1, 0.15) is 0 Å². The number of carbonyl (C=O) groups is 1. The van der Waals surface area contributed by atoms with Gasteiger partial charge in [0.15, 0.2) is 11.4 Å². The van der Waals surface area contributed by atoms with E-state index in [0.29, 0.717) is 6.04 Å². The topological polar surface area (TPSA) is 36.4 Å². The number of aryl methyl sites for hydroxylation is 1. The van der Waals surface area contributed by atoms with Gasteiger partial charge < -0.3 is 9.80 Å². The summed E-state index contributed by atoms with van der Waals surface area (Å²) in [5.41, 5.74) is 0.847. The molecule has 0 saturated carbocycles. The molecule has 1 fully saturated rings. The van der Waals surface area contributed by atoms with Crippen LogP contribution in [0.4, 0.5) is 5.13 Å². The van der Waals surface area contributed by atoms with E-state index in [9.17, 15) is 4.79 Å². The molecule has 0 bridgehead atoms. The molecule has 1 saturated heterocycles. The van der Waals surface area contributed by atoms with Crippen LogP contribution in [0, 0.1) is 6.92 Å². The number of rotatable bonds is 3. The molecule has 0 aliphatic carbocycles. The lowest BCUT2D eigenvalue weighted by atomic mass is 10.0. The van der Waals surface area contributed by atoms with E-state index in [1.807, 2.05) is 6.92 Å². The minimum atomic E-state index is 0.552. The van der Waals surface area contributed by atoms with Crippen LogP contribution in [0.5, 0.6) is 0 Å². The van der Waals surface area contributed by atoms with Gasteiger partial charge in [0.25, 0.3) is 0 Å². The lowest BCUT2D eigenvalue weighted by Gasteiger charge is -2.34. The molecule has 2 rings (SSSR count). The molecule has 94 valence electrons. The van der Waals surface area contributed by atoms with Crippen molar-refractivity contribution in [1.82, 2.24) is 9.88 Å². The standard InChI is InChI=1S/C12H19N3OS/c1-9-11(8-16)17-12(13-9)15(3)10-4-6-14(2)7-5-10/h8,10H,4-7H2,1-3H3. The highest BCUT2D eigenvalue weighted by Gasteiger charge is 2.23. The summed E-state index contributed by atoms with van der Waals surface area (Å²) in [4.78, 5) is 20.6. The number of likely N-dealkylation sites (tertiary alicyclic amines) is 1. The molecule has 4 nitrogen and oxygen atoms in total. The zero-order chi connectivity index (χ0) is 12.4. The van der Waals surface area contributed by atoms with E-state index in [4.69, 9.17) is 0 Å². The Kier molecular flexibility index (Phi) is 3.79. The third-order valence-corrected chi connectivity index (χ3v) is 4.64. The second-order valence-corrected chi connectivity index (χ2v) is 5.72. The number of anilines is 1. The minimum absolute atomic E-state index is 0.552. The van der Waals surface area contributed by atoms with Crippen LogP contribution in [-0.4, -0.2) is 49.4 Å². The number of carbonyl (C=O) groups excluding carboxylic acids is 1. The zero-order valence-corrected chi connectivity index (χ0v) is 11.5. The predicted molar refractivity (Wildman–Crippen MR) is 71.2 cm³/mol. The highest BCUT2D eigenvalue weighted by atomic mass is 32.1. The quantitative estimate of drug-likeness (QED) is 0.770. The lowest BCUT2D eigenvalue weighted by molar-refractivity contribution is 0.112. The molecule has 2 heterocycles. The Morgan fingerprint density at radius 3 is 2.65 bits per heavy atom. The smallest absolute Gasteiger partial charge is 0.186 e. The second-order valence-electron chi connectivity index (χ2n) is 4.71. The molecule has 0 amide bonds. The molecule has 17 heavy (non-hydrogen) atoms. The van der Waals surface area contributed by atoms with Crippen molar-refractivity contribution >= 4 is 22.8 Å². The van der Waals surface area contributed by atoms with Crippen molar-refractivity contribution in [3.63, 3.8) is 0 Å². The Balaban J connectivity index is 2.08. The summed E-state index contributed by atoms with van der Waals surface area (Å²) < 4.78 is 0. The van der Waals surface area contributed by atoms with E-state index in [1.54, 1.807) is 0 Å². The number of thiazole rings is 1. The van der Waals surface area contributed by atoms with Crippen molar-refractivity contribution in [3.05, 3.63) is 10.6 Å². The summed E-state index contributed by atoms with van der Waals surface area (Å²) in [5, 5.41) is 0.971. The van der Waals surface area contributed by atoms with Gasteiger partial charge in [0.2, 0.25) is 0 Å². The number of nitrogens with zero attached hydrogens (tertiary/aromatic N) is 3. The fourth-order valence-corrected chi connectivity index (χ4v) is 3.11. The lowest BCUT2D eigenvalue weighted by Crippen LogP contribution is -2.41. The third-order valence-electron chi connectivity index (χ3n) is 3.47. The molecule has 0 radical (unpaired) electrons. The van der Waals surface area contributed by atoms with E-state index in [0.717, 1.165) is 35.1 Å². The molecule has 1 aliphatic rings. The molecular formula is C12H19N3OS. The van der Waals surface area contributed by atoms with Gasteiger partial charge in [0.05, 0.1) is 10.6 Å². The Morgan fingerprint density at radius 1 is 1.47 bits per heavy atom. The van der Waals surface area contributed by atoms with Crippen molar-refractivity contribution in [2.75, 3.05) is 32.1 Å². The van der Waals surface area contributed by atoms with Crippen molar-refractivity contribution < 1.29 is 4.79 Å². The number of piperidine rings is 1. The van der Waals surface area contributed by atoms with Crippen molar-refractivity contribution in [3.8, 4) is 0 Å². The van der Waals surface area contributed by atoms with Crippen LogP contribution >= 0.6 is 11.3 Å². The molecule has 5 heteroatoms. The maximum Gasteiger partial charge on any atom is 0.186 e. The van der Waals surface area contributed by atoms with Gasteiger partial charge in [-0.05, 0) is 39.9 Å². The zero-order valence-electron chi connectivity index (χ0n) is 10.6. The Bertz CT molecular complexity index is 396. The molecule has 1 aromatic heterocycles. The SMILES string of the molecule is Cc1nc(N(C)C2CCN(C)CC2)sc1C=O. The van der Waals surface area contributed by atoms with Gasteiger partial charge in [-0.25, -0.2) is 4.98 Å². The van der Waals surface area contributed by atoms with E-state index >= 15 is 0 Å². The van der Waals surface area contributed by atoms with Crippen LogP contribution in [0.1, 0.15) is 28.2 Å². The van der Waals surface area contributed by atoms with Crippen molar-refractivity contribution in [2.24, 2.45) is 0 Å². The first-order valence-corrected chi connectivity index (χ1v) is 6.77. The maximum atomic E-state index is 10.8. The molecule has 1 aliphatic heterocycles. The van der Waals surface area contributed by atoms with Crippen molar-refractivity contribution in [1.29, 1.82) is 0 Å². The van der Waals surface area contributed by atoms with Gasteiger partial charge in [0, 0.05) is 13.1 Å². The van der Waals surface area contributed by atoms with Crippen molar-refractivity contribution in [2.45, 2.75) is 25.8 Å². The molecule has 0 atom stereocenters. The van der Waals surface area contributed by atoms with E-state index in [1.165, 1.54) is 24.2 Å². The van der Waals surface area contributed by atoms with E-state index in [-0.39, 0.29) is 0 Å². The fraction of sp³-hybridized carbons (Fsp3) is 0.667. The Hall–Kier alpha value is -0.940. The average molecular weight is 253 g/mol. The second kappa shape index (κ2) is 5.14. The Labute approximate surface area is 106 Å². The first kappa shape index (κ1) is 12.5. The number of aldehydes is 1. The summed E-state index contributed by atoms with van der Waals surface area (Å²) in [6, 6.07) is 0.552. The van der Waals surface area contributed by atoms with Gasteiger partial charge in [-0.1, -0.05) is 11.3 Å². The molecule has 0 N–H and O–H groups in total. The molecule has 0 spiro atoms. The van der Waals surface area contributed by atoms with Crippen LogP contribution in [-0.2, 0) is 0 Å². The Morgan fingerprint density at radius 2 is 2.12 bits per heavy atom. The first-order chi connectivity index (χ1) is 8.11. The summed E-state index contributed by atoms with van der Waals surface area (Å²) in [5.74, 6) is 0. The van der Waals surface area contributed by atoms with E-state index < -0.39 is 0 Å². The van der Waals surface area contributed by atoms with Crippen LogP contribution in [0.25, 0.3) is 0 Å². The summed E-state index contributed by atoms with van der Waals surface area (Å²) in [6.45, 7) is 4.17. The van der Waals surface area contributed by atoms with Crippen LogP contribution < -0.4 is 4.90 Å². The summed E-state index contributed by atoms with van der Waals surface area (Å²) >= 11 is 1.50. The van der Waals surface area contributed by atoms with Gasteiger partial charge in [-0.3, -0.25) is 4.79 Å². The molecule has 0 unspecified atom stereocenters. The van der Waals surface area contributed by atoms with Crippen LogP contribution in [0.2, 0.25) is 0 Å². The number of hydrogen-bond acceptors (Lipinski definition) is 5. The monoisotopic (exact) mass is 253 g/mol. The van der Waals surface area contributed by atoms with Gasteiger partial charge in [-0.15, -0.1) is 0 Å². The molecular weight excluding hydrogens is 234 g/mol. The molecule has 1 aromatic rings. The highest BCUT2D eigenvalue weighted by Crippen LogP contribution is 2.27. The van der Waals surface area contributed by atoms with E-state index in [2.05, 4.69) is 28.9 Å². The minimum Gasteiger partial charge on any atom is -0.348 e. The highest BCUT2D eigenvalue weighted by molar-refractivity contribution is 7.17. The predicted octanol–water partition coefficient (Wildman–Crippen LogP) is 1.79. The van der Waals surface area contributed by atoms with Gasteiger partial charge >= 0.3 is 0 Å². The number of hydrogen-bond donors (Lipinski definition) is 0. The summed E-state index contributed by atoms with van der Waals surface area (Å²) in [7, 11) is 4.25. The largest absolute Gasteiger partial charge is 0.348 e.